The van der Waals surface area contributed by atoms with E-state index in [2.05, 4.69) is 10.6 Å². The Morgan fingerprint density at radius 1 is 1.12 bits per heavy atom. The summed E-state index contributed by atoms with van der Waals surface area (Å²) in [6, 6.07) is 10.7. The Bertz CT molecular complexity index is 819. The summed E-state index contributed by atoms with van der Waals surface area (Å²) in [5.41, 5.74) is 2.82. The summed E-state index contributed by atoms with van der Waals surface area (Å²) in [5, 5.41) is 6.64. The molecule has 2 N–H and O–H groups in total. The highest BCUT2D eigenvalue weighted by atomic mass is 35.5. The highest BCUT2D eigenvalue weighted by Crippen LogP contribution is 2.26. The Kier molecular flexibility index (Phi) is 7.06. The summed E-state index contributed by atoms with van der Waals surface area (Å²) in [7, 11) is 0. The van der Waals surface area contributed by atoms with Crippen LogP contribution in [0.5, 0.6) is 0 Å². The van der Waals surface area contributed by atoms with Crippen LogP contribution in [0.3, 0.4) is 0 Å². The van der Waals surface area contributed by atoms with Crippen LogP contribution in [0.4, 0.5) is 5.69 Å². The average Bonchev–Trinajstić information content (AvgIpc) is 2.57. The lowest BCUT2D eigenvalue weighted by Gasteiger charge is -2.13. The van der Waals surface area contributed by atoms with Gasteiger partial charge in [-0.3, -0.25) is 9.59 Å². The minimum atomic E-state index is -0.153. The fourth-order valence-electron chi connectivity index (χ4n) is 2.50. The van der Waals surface area contributed by atoms with Crippen LogP contribution < -0.4 is 10.6 Å². The predicted octanol–water partition coefficient (Wildman–Crippen LogP) is 5.01. The van der Waals surface area contributed by atoms with Crippen molar-refractivity contribution in [3.63, 3.8) is 0 Å². The maximum Gasteiger partial charge on any atom is 0.251 e. The largest absolute Gasteiger partial charge is 0.350 e. The molecule has 2 aromatic carbocycles. The molecule has 0 aromatic heterocycles. The number of benzene rings is 2. The first kappa shape index (κ1) is 20.3. The average molecular weight is 393 g/mol. The normalized spacial score (nSPS) is 10.7. The van der Waals surface area contributed by atoms with Crippen molar-refractivity contribution in [2.75, 3.05) is 5.32 Å². The zero-order valence-electron chi connectivity index (χ0n) is 15.0. The summed E-state index contributed by atoms with van der Waals surface area (Å²) in [4.78, 5) is 24.5. The highest BCUT2D eigenvalue weighted by Gasteiger charge is 2.13. The first-order chi connectivity index (χ1) is 12.3. The Morgan fingerprint density at radius 3 is 2.54 bits per heavy atom. The number of aryl methyl sites for hydroxylation is 2. The fraction of sp³-hybridized carbons (Fsp3) is 0.300. The Hall–Kier alpha value is -2.04. The van der Waals surface area contributed by atoms with Gasteiger partial charge in [-0.1, -0.05) is 41.4 Å². The molecule has 0 saturated carbocycles. The number of hydrogen-bond acceptors (Lipinski definition) is 2. The lowest BCUT2D eigenvalue weighted by atomic mass is 10.1. The Labute approximate surface area is 163 Å². The van der Waals surface area contributed by atoms with Crippen LogP contribution in [0.15, 0.2) is 36.4 Å². The van der Waals surface area contributed by atoms with Crippen molar-refractivity contribution in [3.8, 4) is 0 Å². The second-order valence-electron chi connectivity index (χ2n) is 6.42. The minimum Gasteiger partial charge on any atom is -0.350 e. The number of amides is 2. The molecule has 0 atom stereocenters. The van der Waals surface area contributed by atoms with Crippen molar-refractivity contribution >= 4 is 40.7 Å². The first-order valence-corrected chi connectivity index (χ1v) is 9.17. The third-order valence-corrected chi connectivity index (χ3v) is 4.70. The zero-order valence-corrected chi connectivity index (χ0v) is 16.5. The van der Waals surface area contributed by atoms with E-state index in [1.54, 1.807) is 24.3 Å². The summed E-state index contributed by atoms with van der Waals surface area (Å²) >= 11 is 12.1. The predicted molar refractivity (Wildman–Crippen MR) is 107 cm³/mol. The molecule has 2 amide bonds. The SMILES string of the molecule is Cc1ccc(NC(=O)CCc2cccc(Cl)c2Cl)cc1C(=O)NC(C)C. The van der Waals surface area contributed by atoms with Crippen LogP contribution in [-0.4, -0.2) is 17.9 Å². The maximum atomic E-state index is 12.2. The second kappa shape index (κ2) is 9.06. The summed E-state index contributed by atoms with van der Waals surface area (Å²) in [6.07, 6.45) is 0.749. The van der Waals surface area contributed by atoms with Crippen molar-refractivity contribution < 1.29 is 9.59 Å². The van der Waals surface area contributed by atoms with Crippen LogP contribution >= 0.6 is 23.2 Å². The third kappa shape index (κ3) is 5.48. The molecule has 6 heteroatoms. The zero-order chi connectivity index (χ0) is 19.3. The van der Waals surface area contributed by atoms with Gasteiger partial charge >= 0.3 is 0 Å². The molecule has 0 fully saturated rings. The van der Waals surface area contributed by atoms with Gasteiger partial charge < -0.3 is 10.6 Å². The lowest BCUT2D eigenvalue weighted by Crippen LogP contribution is -2.30. The molecule has 2 aromatic rings. The van der Waals surface area contributed by atoms with Crippen molar-refractivity contribution in [3.05, 3.63) is 63.1 Å². The first-order valence-electron chi connectivity index (χ1n) is 8.42. The van der Waals surface area contributed by atoms with Gasteiger partial charge in [-0.2, -0.15) is 0 Å². The molecule has 2 rings (SSSR count). The van der Waals surface area contributed by atoms with Crippen LogP contribution in [0.1, 0.15) is 41.8 Å². The smallest absolute Gasteiger partial charge is 0.251 e. The molecule has 0 unspecified atom stereocenters. The number of anilines is 1. The lowest BCUT2D eigenvalue weighted by molar-refractivity contribution is -0.116. The highest BCUT2D eigenvalue weighted by molar-refractivity contribution is 6.42. The van der Waals surface area contributed by atoms with Crippen LogP contribution in [0, 0.1) is 6.92 Å². The van der Waals surface area contributed by atoms with Crippen LogP contribution in [-0.2, 0) is 11.2 Å². The van der Waals surface area contributed by atoms with E-state index in [0.29, 0.717) is 27.7 Å². The molecule has 26 heavy (non-hydrogen) atoms. The van der Waals surface area contributed by atoms with Crippen molar-refractivity contribution in [1.82, 2.24) is 5.32 Å². The van der Waals surface area contributed by atoms with E-state index in [-0.39, 0.29) is 24.3 Å². The van der Waals surface area contributed by atoms with E-state index in [0.717, 1.165) is 11.1 Å². The molecule has 0 aliphatic rings. The van der Waals surface area contributed by atoms with Crippen LogP contribution in [0.2, 0.25) is 10.0 Å². The molecule has 0 heterocycles. The number of carbonyl (C=O) groups is 2. The molecule has 0 saturated heterocycles. The van der Waals surface area contributed by atoms with Gasteiger partial charge in [0.25, 0.3) is 5.91 Å². The molecule has 0 radical (unpaired) electrons. The van der Waals surface area contributed by atoms with Crippen molar-refractivity contribution in [2.24, 2.45) is 0 Å². The molecule has 138 valence electrons. The number of nitrogens with one attached hydrogen (secondary N) is 2. The molecule has 4 nitrogen and oxygen atoms in total. The summed E-state index contributed by atoms with van der Waals surface area (Å²) in [6.45, 7) is 5.67. The van der Waals surface area contributed by atoms with Gasteiger partial charge in [-0.15, -0.1) is 0 Å². The van der Waals surface area contributed by atoms with Gasteiger partial charge in [0.1, 0.15) is 0 Å². The number of hydrogen-bond donors (Lipinski definition) is 2. The molecule has 0 spiro atoms. The van der Waals surface area contributed by atoms with Crippen molar-refractivity contribution in [2.45, 2.75) is 39.7 Å². The monoisotopic (exact) mass is 392 g/mol. The number of halogens is 2. The Morgan fingerprint density at radius 2 is 1.85 bits per heavy atom. The van der Waals surface area contributed by atoms with E-state index in [1.165, 1.54) is 0 Å². The van der Waals surface area contributed by atoms with E-state index < -0.39 is 0 Å². The van der Waals surface area contributed by atoms with Crippen LogP contribution in [0.25, 0.3) is 0 Å². The summed E-state index contributed by atoms with van der Waals surface area (Å²) in [5.74, 6) is -0.306. The topological polar surface area (TPSA) is 58.2 Å². The molecule has 0 aliphatic heterocycles. The number of carbonyl (C=O) groups excluding carboxylic acids is 2. The molecule has 0 bridgehead atoms. The van der Waals surface area contributed by atoms with E-state index >= 15 is 0 Å². The third-order valence-electron chi connectivity index (χ3n) is 3.84. The van der Waals surface area contributed by atoms with E-state index in [9.17, 15) is 9.59 Å². The van der Waals surface area contributed by atoms with Gasteiger partial charge in [0.15, 0.2) is 0 Å². The maximum absolute atomic E-state index is 12.2. The van der Waals surface area contributed by atoms with Crippen molar-refractivity contribution in [1.29, 1.82) is 0 Å². The standard InChI is InChI=1S/C20H22Cl2N2O2/c1-12(2)23-20(26)16-11-15(9-7-13(16)3)24-18(25)10-8-14-5-4-6-17(21)19(14)22/h4-7,9,11-12H,8,10H2,1-3H3,(H,23,26)(H,24,25). The number of rotatable bonds is 6. The van der Waals surface area contributed by atoms with Gasteiger partial charge in [0, 0.05) is 23.7 Å². The fourth-order valence-corrected chi connectivity index (χ4v) is 2.91. The second-order valence-corrected chi connectivity index (χ2v) is 7.20. The molecule has 0 aliphatic carbocycles. The quantitative estimate of drug-likeness (QED) is 0.725. The molecular formula is C20H22Cl2N2O2. The Balaban J connectivity index is 2.02. The van der Waals surface area contributed by atoms with E-state index in [4.69, 9.17) is 23.2 Å². The molecular weight excluding hydrogens is 371 g/mol. The van der Waals surface area contributed by atoms with Gasteiger partial charge in [-0.25, -0.2) is 0 Å². The summed E-state index contributed by atoms with van der Waals surface area (Å²) < 4.78 is 0. The van der Waals surface area contributed by atoms with E-state index in [1.807, 2.05) is 32.9 Å². The van der Waals surface area contributed by atoms with Gasteiger partial charge in [0.05, 0.1) is 10.0 Å². The van der Waals surface area contributed by atoms with Gasteiger partial charge in [-0.05, 0) is 56.5 Å². The van der Waals surface area contributed by atoms with Gasteiger partial charge in [0.2, 0.25) is 5.91 Å². The minimum absolute atomic E-state index is 0.0441.